The van der Waals surface area contributed by atoms with E-state index in [4.69, 9.17) is 28.7 Å². The molecule has 7 heteroatoms. The Balaban J connectivity index is 1.54. The largest absolute Gasteiger partial charge is 0.494 e. The number of aliphatic imine (C=N–C) groups is 1. The number of piperidine rings is 3. The highest BCUT2D eigenvalue weighted by Gasteiger charge is 2.70. The predicted octanol–water partition coefficient (Wildman–Crippen LogP) is 2.69. The van der Waals surface area contributed by atoms with Crippen molar-refractivity contribution >= 4 is 11.6 Å². The molecule has 0 saturated carbocycles. The summed E-state index contributed by atoms with van der Waals surface area (Å²) in [6.07, 6.45) is 4.40. The molecule has 0 aromatic heterocycles. The van der Waals surface area contributed by atoms with Crippen molar-refractivity contribution in [2.24, 2.45) is 16.8 Å². The van der Waals surface area contributed by atoms with Gasteiger partial charge in [-0.05, 0) is 18.8 Å². The van der Waals surface area contributed by atoms with Crippen molar-refractivity contribution in [1.29, 1.82) is 0 Å². The molecule has 0 radical (unpaired) electrons. The fraction of sp³-hybridized carbons (Fsp3) is 0.609. The van der Waals surface area contributed by atoms with Gasteiger partial charge in [-0.3, -0.25) is 4.90 Å². The van der Waals surface area contributed by atoms with Gasteiger partial charge >= 0.3 is 0 Å². The van der Waals surface area contributed by atoms with Gasteiger partial charge in [0.1, 0.15) is 11.4 Å². The van der Waals surface area contributed by atoms with Crippen LogP contribution in [0.1, 0.15) is 18.4 Å². The molecule has 5 fully saturated rings. The topological polar surface area (TPSA) is 61.8 Å². The molecular formula is C23H28N2O5. The minimum absolute atomic E-state index is 0.302. The van der Waals surface area contributed by atoms with E-state index in [1.54, 1.807) is 28.4 Å². The molecule has 5 saturated heterocycles. The quantitative estimate of drug-likeness (QED) is 0.693. The van der Waals surface area contributed by atoms with Crippen LogP contribution in [0.5, 0.6) is 17.2 Å². The lowest BCUT2D eigenvalue weighted by Crippen LogP contribution is -2.61. The van der Waals surface area contributed by atoms with E-state index in [0.717, 1.165) is 42.3 Å². The number of ether oxygens (including phenoxy) is 5. The molecular weight excluding hydrogens is 384 g/mol. The van der Waals surface area contributed by atoms with Crippen molar-refractivity contribution in [2.75, 3.05) is 48.2 Å². The minimum Gasteiger partial charge on any atom is -0.494 e. The van der Waals surface area contributed by atoms with Crippen molar-refractivity contribution in [1.82, 2.24) is 4.90 Å². The first kappa shape index (κ1) is 18.5. The lowest BCUT2D eigenvalue weighted by molar-refractivity contribution is -0.0156. The van der Waals surface area contributed by atoms with Crippen molar-refractivity contribution in [2.45, 2.75) is 30.3 Å². The number of nitrogens with zero attached hydrogens (tertiary/aromatic N) is 2. The van der Waals surface area contributed by atoms with Crippen LogP contribution in [0, 0.1) is 11.8 Å². The standard InChI is InChI=1S/C23H28N2O5/c1-26-6-5-12-10-25-15-9-23-18(25)7-13(12)14(15)11-30-22(23)24-20-16(27-2)8-17(28-3)21(29-4)19(20)23/h5,8,13-15,18H,6-7,9-11H2,1-4H3/b12-5+/t13-,14+,15?,18?,23?/m1/s1. The van der Waals surface area contributed by atoms with E-state index in [-0.39, 0.29) is 5.41 Å². The Morgan fingerprint density at radius 2 is 2.03 bits per heavy atom. The monoisotopic (exact) mass is 412 g/mol. The molecule has 1 aromatic carbocycles. The second-order valence-corrected chi connectivity index (χ2v) is 8.94. The van der Waals surface area contributed by atoms with E-state index in [1.165, 1.54) is 5.57 Å². The van der Waals surface area contributed by atoms with E-state index in [2.05, 4.69) is 11.0 Å². The number of benzene rings is 1. The van der Waals surface area contributed by atoms with Crippen LogP contribution in [0.3, 0.4) is 0 Å². The molecule has 5 bridgehead atoms. The van der Waals surface area contributed by atoms with Crippen LogP contribution >= 0.6 is 0 Å². The maximum absolute atomic E-state index is 6.46. The molecule has 30 heavy (non-hydrogen) atoms. The average Bonchev–Trinajstić information content (AvgIpc) is 3.14. The van der Waals surface area contributed by atoms with Crippen LogP contribution < -0.4 is 14.2 Å². The summed E-state index contributed by atoms with van der Waals surface area (Å²) in [5.41, 5.74) is 3.12. The van der Waals surface area contributed by atoms with Crippen molar-refractivity contribution in [3.05, 3.63) is 23.3 Å². The van der Waals surface area contributed by atoms with E-state index in [1.807, 2.05) is 6.07 Å². The molecule has 7 rings (SSSR count). The first-order valence-electron chi connectivity index (χ1n) is 10.7. The highest BCUT2D eigenvalue weighted by molar-refractivity contribution is 6.01. The van der Waals surface area contributed by atoms with E-state index in [9.17, 15) is 0 Å². The van der Waals surface area contributed by atoms with Crippen LogP contribution in [0.4, 0.5) is 5.69 Å². The molecule has 6 aliphatic rings. The summed E-state index contributed by atoms with van der Waals surface area (Å²) in [6.45, 7) is 2.39. The Kier molecular flexibility index (Phi) is 3.93. The number of fused-ring (bicyclic) bond motifs is 2. The maximum atomic E-state index is 6.46. The molecule has 6 heterocycles. The highest BCUT2D eigenvalue weighted by Crippen LogP contribution is 2.66. The van der Waals surface area contributed by atoms with Gasteiger partial charge in [-0.2, -0.15) is 0 Å². The number of hydrogen-bond acceptors (Lipinski definition) is 7. The second kappa shape index (κ2) is 6.37. The summed E-state index contributed by atoms with van der Waals surface area (Å²) >= 11 is 0. The number of methoxy groups -OCH3 is 4. The Bertz CT molecular complexity index is 973. The van der Waals surface area contributed by atoms with E-state index in [0.29, 0.717) is 48.6 Å². The van der Waals surface area contributed by atoms with Crippen molar-refractivity contribution in [3.8, 4) is 17.2 Å². The third-order valence-electron chi connectivity index (χ3n) is 8.05. The molecule has 1 aromatic rings. The Labute approximate surface area is 176 Å². The lowest BCUT2D eigenvalue weighted by atomic mass is 9.68. The molecule has 6 atom stereocenters. The smallest absolute Gasteiger partial charge is 0.201 e. The van der Waals surface area contributed by atoms with Gasteiger partial charge in [0.25, 0.3) is 0 Å². The number of hydrogen-bond donors (Lipinski definition) is 0. The molecule has 0 amide bonds. The zero-order chi connectivity index (χ0) is 20.6. The van der Waals surface area contributed by atoms with Gasteiger partial charge in [-0.1, -0.05) is 11.6 Å². The highest BCUT2D eigenvalue weighted by atomic mass is 16.5. The molecule has 4 unspecified atom stereocenters. The zero-order valence-electron chi connectivity index (χ0n) is 17.9. The summed E-state index contributed by atoms with van der Waals surface area (Å²) in [4.78, 5) is 7.70. The Morgan fingerprint density at radius 1 is 1.20 bits per heavy atom. The fourth-order valence-electron chi connectivity index (χ4n) is 6.91. The molecule has 0 N–H and O–H groups in total. The van der Waals surface area contributed by atoms with Crippen molar-refractivity contribution in [3.63, 3.8) is 0 Å². The van der Waals surface area contributed by atoms with Gasteiger partial charge in [0.15, 0.2) is 11.5 Å². The van der Waals surface area contributed by atoms with E-state index < -0.39 is 0 Å². The maximum Gasteiger partial charge on any atom is 0.201 e. The summed E-state index contributed by atoms with van der Waals surface area (Å²) in [5.74, 6) is 4.03. The molecule has 160 valence electrons. The average molecular weight is 412 g/mol. The normalized spacial score (nSPS) is 38.1. The lowest BCUT2D eigenvalue weighted by Gasteiger charge is -2.54. The second-order valence-electron chi connectivity index (χ2n) is 8.94. The van der Waals surface area contributed by atoms with Gasteiger partial charge in [-0.25, -0.2) is 4.99 Å². The summed E-state index contributed by atoms with van der Waals surface area (Å²) in [5, 5.41) is 0. The van der Waals surface area contributed by atoms with E-state index >= 15 is 0 Å². The van der Waals surface area contributed by atoms with Crippen LogP contribution in [0.25, 0.3) is 0 Å². The Morgan fingerprint density at radius 3 is 2.77 bits per heavy atom. The first-order chi connectivity index (χ1) is 14.7. The Hall–Kier alpha value is -2.25. The fourth-order valence-corrected chi connectivity index (χ4v) is 6.91. The summed E-state index contributed by atoms with van der Waals surface area (Å²) in [7, 11) is 6.81. The molecule has 7 nitrogen and oxygen atoms in total. The van der Waals surface area contributed by atoms with Gasteiger partial charge in [0.05, 0.1) is 40.0 Å². The zero-order valence-corrected chi connectivity index (χ0v) is 17.9. The molecule has 0 aliphatic carbocycles. The predicted molar refractivity (Wildman–Crippen MR) is 111 cm³/mol. The van der Waals surface area contributed by atoms with Crippen LogP contribution in [-0.4, -0.2) is 71.1 Å². The van der Waals surface area contributed by atoms with Gasteiger partial charge in [0.2, 0.25) is 5.90 Å². The first-order valence-corrected chi connectivity index (χ1v) is 10.7. The molecule has 1 spiro atoms. The van der Waals surface area contributed by atoms with Crippen LogP contribution in [0.2, 0.25) is 0 Å². The van der Waals surface area contributed by atoms with Crippen molar-refractivity contribution < 1.29 is 23.7 Å². The van der Waals surface area contributed by atoms with Gasteiger partial charge in [-0.15, -0.1) is 0 Å². The van der Waals surface area contributed by atoms with Gasteiger partial charge in [0, 0.05) is 43.3 Å². The third-order valence-corrected chi connectivity index (χ3v) is 8.05. The third kappa shape index (κ3) is 2.05. The van der Waals surface area contributed by atoms with Crippen LogP contribution in [-0.2, 0) is 14.9 Å². The SMILES string of the molecule is COC/C=C1\CN2C3CC45C(=Nc6c(OC)cc(OC)c(OC)c64)OC[C@H]3[C@@H]1CC25. The van der Waals surface area contributed by atoms with Crippen LogP contribution in [0.15, 0.2) is 22.7 Å². The summed E-state index contributed by atoms with van der Waals surface area (Å²) < 4.78 is 29.1. The number of rotatable bonds is 5. The van der Waals surface area contributed by atoms with Gasteiger partial charge < -0.3 is 23.7 Å². The summed E-state index contributed by atoms with van der Waals surface area (Å²) in [6, 6.07) is 2.70. The molecule has 6 aliphatic heterocycles. The minimum atomic E-state index is -0.302.